The molecule has 1 N–H and O–H groups in total. The van der Waals surface area contributed by atoms with Gasteiger partial charge in [0.15, 0.2) is 0 Å². The van der Waals surface area contributed by atoms with Gasteiger partial charge in [-0.3, -0.25) is 0 Å². The molecule has 18 heavy (non-hydrogen) atoms. The second-order valence-electron chi connectivity index (χ2n) is 4.96. The van der Waals surface area contributed by atoms with Gasteiger partial charge in [0.1, 0.15) is 6.61 Å². The molecule has 0 saturated carbocycles. The van der Waals surface area contributed by atoms with Crippen LogP contribution in [0.3, 0.4) is 0 Å². The van der Waals surface area contributed by atoms with Crippen LogP contribution in [0.15, 0.2) is 0 Å². The van der Waals surface area contributed by atoms with E-state index in [1.165, 1.54) is 0 Å². The van der Waals surface area contributed by atoms with E-state index in [4.69, 9.17) is 4.74 Å². The molecule has 0 aromatic rings. The summed E-state index contributed by atoms with van der Waals surface area (Å²) >= 11 is 0. The molecule has 1 heterocycles. The molecule has 1 aliphatic heterocycles. The average Bonchev–Trinajstić information content (AvgIpc) is 2.28. The van der Waals surface area contributed by atoms with Crippen LogP contribution in [0.2, 0.25) is 0 Å². The predicted molar refractivity (Wildman–Crippen MR) is 62.5 cm³/mol. The van der Waals surface area contributed by atoms with Crippen LogP contribution in [0.25, 0.3) is 0 Å². The molecule has 0 aromatic heterocycles. The maximum Gasteiger partial charge on any atom is 0.411 e. The molecule has 0 amide bonds. The zero-order valence-corrected chi connectivity index (χ0v) is 10.8. The fourth-order valence-electron chi connectivity index (χ4n) is 2.45. The van der Waals surface area contributed by atoms with Crippen molar-refractivity contribution >= 4 is 0 Å². The topological polar surface area (TPSA) is 30.5 Å². The Morgan fingerprint density at radius 1 is 1.39 bits per heavy atom. The van der Waals surface area contributed by atoms with Crippen molar-refractivity contribution in [1.82, 2.24) is 5.32 Å². The lowest BCUT2D eigenvalue weighted by Gasteiger charge is -2.37. The van der Waals surface area contributed by atoms with E-state index in [9.17, 15) is 13.2 Å². The third kappa shape index (κ3) is 6.02. The molecular weight excluding hydrogens is 247 g/mol. The Morgan fingerprint density at radius 2 is 2.17 bits per heavy atom. The van der Waals surface area contributed by atoms with Crippen molar-refractivity contribution in [1.29, 1.82) is 0 Å². The van der Waals surface area contributed by atoms with Crippen LogP contribution in [-0.2, 0) is 9.47 Å². The van der Waals surface area contributed by atoms with Crippen LogP contribution in [-0.4, -0.2) is 46.2 Å². The minimum absolute atomic E-state index is 0.0641. The maximum absolute atomic E-state index is 11.9. The molecule has 1 fully saturated rings. The second kappa shape index (κ2) is 7.31. The number of rotatable bonds is 7. The zero-order chi connectivity index (χ0) is 13.5. The van der Waals surface area contributed by atoms with Crippen LogP contribution < -0.4 is 5.32 Å². The molecule has 0 aromatic carbocycles. The Morgan fingerprint density at radius 3 is 2.72 bits per heavy atom. The van der Waals surface area contributed by atoms with E-state index in [0.717, 1.165) is 32.4 Å². The van der Waals surface area contributed by atoms with Gasteiger partial charge in [-0.15, -0.1) is 0 Å². The standard InChI is InChI=1S/C12H22F3NO2/c1-16-8-11(4-2-6-17-9-11)5-3-7-18-10-12(13,14)15/h16H,2-10H2,1H3. The van der Waals surface area contributed by atoms with Gasteiger partial charge in [-0.1, -0.05) is 0 Å². The molecule has 1 atom stereocenters. The highest BCUT2D eigenvalue weighted by molar-refractivity contribution is 4.83. The largest absolute Gasteiger partial charge is 0.411 e. The molecule has 0 radical (unpaired) electrons. The molecule has 1 rings (SSSR count). The highest BCUT2D eigenvalue weighted by Gasteiger charge is 2.32. The molecule has 1 saturated heterocycles. The Hall–Kier alpha value is -0.330. The van der Waals surface area contributed by atoms with Gasteiger partial charge in [-0.25, -0.2) is 0 Å². The summed E-state index contributed by atoms with van der Waals surface area (Å²) < 4.78 is 45.8. The van der Waals surface area contributed by atoms with E-state index < -0.39 is 12.8 Å². The third-order valence-corrected chi connectivity index (χ3v) is 3.22. The highest BCUT2D eigenvalue weighted by Crippen LogP contribution is 2.32. The smallest absolute Gasteiger partial charge is 0.381 e. The number of hydrogen-bond donors (Lipinski definition) is 1. The Balaban J connectivity index is 2.21. The normalized spacial score (nSPS) is 25.3. The van der Waals surface area contributed by atoms with Gasteiger partial charge in [0.2, 0.25) is 0 Å². The highest BCUT2D eigenvalue weighted by atomic mass is 19.4. The van der Waals surface area contributed by atoms with Gasteiger partial charge in [0.25, 0.3) is 0 Å². The monoisotopic (exact) mass is 269 g/mol. The molecule has 0 aliphatic carbocycles. The van der Waals surface area contributed by atoms with Crippen LogP contribution in [0.4, 0.5) is 13.2 Å². The fraction of sp³-hybridized carbons (Fsp3) is 1.00. The first-order chi connectivity index (χ1) is 8.47. The Labute approximate surface area is 106 Å². The van der Waals surface area contributed by atoms with Crippen molar-refractivity contribution in [2.24, 2.45) is 5.41 Å². The van der Waals surface area contributed by atoms with E-state index in [1.807, 2.05) is 7.05 Å². The van der Waals surface area contributed by atoms with Gasteiger partial charge < -0.3 is 14.8 Å². The summed E-state index contributed by atoms with van der Waals surface area (Å²) in [6, 6.07) is 0. The maximum atomic E-state index is 11.9. The molecule has 108 valence electrons. The molecular formula is C12H22F3NO2. The van der Waals surface area contributed by atoms with Crippen molar-refractivity contribution < 1.29 is 22.6 Å². The summed E-state index contributed by atoms with van der Waals surface area (Å²) in [5.74, 6) is 0. The van der Waals surface area contributed by atoms with E-state index in [1.54, 1.807) is 0 Å². The molecule has 1 unspecified atom stereocenters. The Bertz CT molecular complexity index is 222. The lowest BCUT2D eigenvalue weighted by Crippen LogP contribution is -2.40. The Kier molecular flexibility index (Phi) is 6.38. The van der Waals surface area contributed by atoms with Gasteiger partial charge in [-0.2, -0.15) is 13.2 Å². The van der Waals surface area contributed by atoms with E-state index in [-0.39, 0.29) is 12.0 Å². The van der Waals surface area contributed by atoms with E-state index in [2.05, 4.69) is 10.1 Å². The first-order valence-electron chi connectivity index (χ1n) is 6.34. The minimum Gasteiger partial charge on any atom is -0.381 e. The molecule has 1 aliphatic rings. The summed E-state index contributed by atoms with van der Waals surface area (Å²) in [5, 5.41) is 3.14. The van der Waals surface area contributed by atoms with Crippen molar-refractivity contribution in [2.75, 3.05) is 40.0 Å². The van der Waals surface area contributed by atoms with Crippen molar-refractivity contribution in [2.45, 2.75) is 31.9 Å². The molecule has 0 spiro atoms. The van der Waals surface area contributed by atoms with Gasteiger partial charge in [0, 0.05) is 25.2 Å². The fourth-order valence-corrected chi connectivity index (χ4v) is 2.45. The van der Waals surface area contributed by atoms with Gasteiger partial charge in [-0.05, 0) is 32.7 Å². The van der Waals surface area contributed by atoms with Crippen LogP contribution >= 0.6 is 0 Å². The number of ether oxygens (including phenoxy) is 2. The quantitative estimate of drug-likeness (QED) is 0.720. The summed E-state index contributed by atoms with van der Waals surface area (Å²) in [5.41, 5.74) is 0.0641. The number of halogens is 3. The van der Waals surface area contributed by atoms with Crippen LogP contribution in [0.5, 0.6) is 0 Å². The molecule has 0 bridgehead atoms. The van der Waals surface area contributed by atoms with Crippen molar-refractivity contribution in [3.63, 3.8) is 0 Å². The van der Waals surface area contributed by atoms with Crippen LogP contribution in [0.1, 0.15) is 25.7 Å². The molecule has 3 nitrogen and oxygen atoms in total. The molecule has 6 heteroatoms. The lowest BCUT2D eigenvalue weighted by molar-refractivity contribution is -0.174. The van der Waals surface area contributed by atoms with E-state index >= 15 is 0 Å². The summed E-state index contributed by atoms with van der Waals surface area (Å²) in [4.78, 5) is 0. The van der Waals surface area contributed by atoms with Gasteiger partial charge >= 0.3 is 6.18 Å². The predicted octanol–water partition coefficient (Wildman–Crippen LogP) is 2.36. The second-order valence-corrected chi connectivity index (χ2v) is 4.96. The third-order valence-electron chi connectivity index (χ3n) is 3.22. The summed E-state index contributed by atoms with van der Waals surface area (Å²) in [6.45, 7) is 1.32. The zero-order valence-electron chi connectivity index (χ0n) is 10.8. The van der Waals surface area contributed by atoms with E-state index in [0.29, 0.717) is 13.0 Å². The summed E-state index contributed by atoms with van der Waals surface area (Å²) in [6.07, 6.45) is -0.665. The SMILES string of the molecule is CNCC1(CCCOCC(F)(F)F)CCCOC1. The van der Waals surface area contributed by atoms with Crippen molar-refractivity contribution in [3.8, 4) is 0 Å². The van der Waals surface area contributed by atoms with Crippen LogP contribution in [0, 0.1) is 5.41 Å². The average molecular weight is 269 g/mol. The lowest BCUT2D eigenvalue weighted by atomic mass is 9.78. The summed E-state index contributed by atoms with van der Waals surface area (Å²) in [7, 11) is 1.89. The van der Waals surface area contributed by atoms with Gasteiger partial charge in [0.05, 0.1) is 6.61 Å². The number of alkyl halides is 3. The number of hydrogen-bond acceptors (Lipinski definition) is 3. The van der Waals surface area contributed by atoms with Crippen molar-refractivity contribution in [3.05, 3.63) is 0 Å². The first kappa shape index (κ1) is 15.7. The number of nitrogens with one attached hydrogen (secondary N) is 1. The first-order valence-corrected chi connectivity index (χ1v) is 6.34. The minimum atomic E-state index is -4.23.